The van der Waals surface area contributed by atoms with Crippen LogP contribution in [0.2, 0.25) is 0 Å². The van der Waals surface area contributed by atoms with Crippen LogP contribution >= 0.6 is 11.8 Å². The van der Waals surface area contributed by atoms with E-state index in [1.54, 1.807) is 6.20 Å². The topological polar surface area (TPSA) is 47.4 Å². The van der Waals surface area contributed by atoms with Crippen LogP contribution in [0, 0.1) is 0 Å². The van der Waals surface area contributed by atoms with Crippen molar-refractivity contribution in [2.45, 2.75) is 23.9 Å². The lowest BCUT2D eigenvalue weighted by atomic mass is 9.92. The summed E-state index contributed by atoms with van der Waals surface area (Å²) in [6, 6.07) is 9.68. The van der Waals surface area contributed by atoms with Crippen LogP contribution in [0.3, 0.4) is 0 Å². The van der Waals surface area contributed by atoms with E-state index < -0.39 is 0 Å². The number of amides is 1. The van der Waals surface area contributed by atoms with Gasteiger partial charge < -0.3 is 14.2 Å². The van der Waals surface area contributed by atoms with Crippen molar-refractivity contribution in [1.82, 2.24) is 14.5 Å². The number of likely N-dealkylation sites (tertiary alicyclic amines) is 1. The molecule has 6 heteroatoms. The smallest absolute Gasteiger partial charge is 0.270 e. The van der Waals surface area contributed by atoms with Crippen LogP contribution in [-0.2, 0) is 18.4 Å². The van der Waals surface area contributed by atoms with E-state index >= 15 is 0 Å². The van der Waals surface area contributed by atoms with Crippen LogP contribution < -0.4 is 0 Å². The summed E-state index contributed by atoms with van der Waals surface area (Å²) >= 11 is 1.95. The summed E-state index contributed by atoms with van der Waals surface area (Å²) in [5.41, 5.74) is 1.73. The predicted octanol–water partition coefficient (Wildman–Crippen LogP) is 2.34. The van der Waals surface area contributed by atoms with Gasteiger partial charge >= 0.3 is 0 Å². The van der Waals surface area contributed by atoms with Gasteiger partial charge in [-0.1, -0.05) is 6.07 Å². The molecule has 0 aromatic carbocycles. The zero-order valence-corrected chi connectivity index (χ0v) is 14.5. The molecule has 2 fully saturated rings. The van der Waals surface area contributed by atoms with E-state index in [9.17, 15) is 4.79 Å². The Kier molecular flexibility index (Phi) is 4.10. The van der Waals surface area contributed by atoms with Crippen LogP contribution in [0.15, 0.2) is 42.7 Å². The van der Waals surface area contributed by atoms with Gasteiger partial charge in [0.1, 0.15) is 5.69 Å². The number of hydrogen-bond acceptors (Lipinski definition) is 4. The summed E-state index contributed by atoms with van der Waals surface area (Å²) in [6.45, 7) is 2.21. The Labute approximate surface area is 146 Å². The minimum Gasteiger partial charge on any atom is -0.371 e. The fourth-order valence-electron chi connectivity index (χ4n) is 3.45. The molecular weight excluding hydrogens is 322 g/mol. The van der Waals surface area contributed by atoms with Crippen molar-refractivity contribution in [2.24, 2.45) is 7.05 Å². The first-order chi connectivity index (χ1) is 11.7. The van der Waals surface area contributed by atoms with E-state index in [4.69, 9.17) is 4.74 Å². The number of nitrogens with zero attached hydrogens (tertiary/aromatic N) is 3. The average Bonchev–Trinajstić information content (AvgIpc) is 3.18. The van der Waals surface area contributed by atoms with Gasteiger partial charge in [-0.2, -0.15) is 0 Å². The van der Waals surface area contributed by atoms with Gasteiger partial charge in [0.05, 0.1) is 23.2 Å². The molecule has 4 heterocycles. The molecule has 2 aromatic heterocycles. The van der Waals surface area contributed by atoms with Gasteiger partial charge in [-0.15, -0.1) is 11.8 Å². The van der Waals surface area contributed by atoms with E-state index in [-0.39, 0.29) is 16.8 Å². The summed E-state index contributed by atoms with van der Waals surface area (Å²) in [4.78, 5) is 18.7. The number of aromatic nitrogens is 2. The second-order valence-electron chi connectivity index (χ2n) is 6.62. The van der Waals surface area contributed by atoms with Crippen LogP contribution in [0.1, 0.15) is 22.6 Å². The minimum atomic E-state index is 0.131. The Hall–Kier alpha value is -1.79. The van der Waals surface area contributed by atoms with Crippen LogP contribution in [0.5, 0.6) is 0 Å². The molecule has 4 rings (SSSR count). The van der Waals surface area contributed by atoms with Gasteiger partial charge in [-0.3, -0.25) is 9.78 Å². The maximum atomic E-state index is 12.5. The van der Waals surface area contributed by atoms with Gasteiger partial charge in [-0.05, 0) is 30.7 Å². The summed E-state index contributed by atoms with van der Waals surface area (Å²) in [6.07, 6.45) is 4.97. The van der Waals surface area contributed by atoms with Gasteiger partial charge in [0.15, 0.2) is 0 Å². The van der Waals surface area contributed by atoms with Crippen molar-refractivity contribution in [3.05, 3.63) is 54.1 Å². The van der Waals surface area contributed by atoms with E-state index in [1.165, 1.54) is 0 Å². The zero-order valence-electron chi connectivity index (χ0n) is 13.7. The zero-order chi connectivity index (χ0) is 16.6. The predicted molar refractivity (Wildman–Crippen MR) is 93.9 cm³/mol. The number of carbonyl (C=O) groups is 1. The number of aryl methyl sites for hydroxylation is 1. The SMILES string of the molecule is Cn1cccc1C(=O)N1CC2(C[C@@H](OCc3ccccn3)CS2)C1. The molecule has 126 valence electrons. The number of hydrogen-bond donors (Lipinski definition) is 0. The maximum absolute atomic E-state index is 12.5. The second kappa shape index (κ2) is 6.26. The average molecular weight is 343 g/mol. The monoisotopic (exact) mass is 343 g/mol. The molecule has 0 bridgehead atoms. The normalized spacial score (nSPS) is 21.9. The molecule has 2 aliphatic heterocycles. The van der Waals surface area contributed by atoms with E-state index in [2.05, 4.69) is 4.98 Å². The highest BCUT2D eigenvalue weighted by Gasteiger charge is 2.51. The lowest BCUT2D eigenvalue weighted by Crippen LogP contribution is -2.61. The van der Waals surface area contributed by atoms with Crippen molar-refractivity contribution in [1.29, 1.82) is 0 Å². The largest absolute Gasteiger partial charge is 0.371 e. The van der Waals surface area contributed by atoms with Crippen LogP contribution in [0.4, 0.5) is 0 Å². The Morgan fingerprint density at radius 2 is 2.25 bits per heavy atom. The minimum absolute atomic E-state index is 0.131. The van der Waals surface area contributed by atoms with Crippen LogP contribution in [-0.4, -0.2) is 50.1 Å². The molecule has 24 heavy (non-hydrogen) atoms. The first-order valence-electron chi connectivity index (χ1n) is 8.21. The molecule has 0 N–H and O–H groups in total. The molecule has 0 radical (unpaired) electrons. The molecule has 1 atom stereocenters. The highest BCUT2D eigenvalue weighted by atomic mass is 32.2. The quantitative estimate of drug-likeness (QED) is 0.855. The Morgan fingerprint density at radius 3 is 2.96 bits per heavy atom. The van der Waals surface area contributed by atoms with Gasteiger partial charge in [0, 0.05) is 38.3 Å². The highest BCUT2D eigenvalue weighted by molar-refractivity contribution is 8.01. The third-order valence-corrected chi connectivity index (χ3v) is 6.35. The first-order valence-corrected chi connectivity index (χ1v) is 9.20. The Morgan fingerprint density at radius 1 is 1.38 bits per heavy atom. The molecule has 1 amide bonds. The molecule has 0 unspecified atom stereocenters. The first kappa shape index (κ1) is 15.7. The third kappa shape index (κ3) is 2.96. The summed E-state index contributed by atoms with van der Waals surface area (Å²) in [7, 11) is 1.91. The van der Waals surface area contributed by atoms with Gasteiger partial charge in [0.2, 0.25) is 0 Å². The summed E-state index contributed by atoms with van der Waals surface area (Å²) in [5, 5.41) is 0. The van der Waals surface area contributed by atoms with Crippen molar-refractivity contribution in [3.63, 3.8) is 0 Å². The van der Waals surface area contributed by atoms with E-state index in [0.29, 0.717) is 6.61 Å². The molecule has 2 aliphatic rings. The molecule has 5 nitrogen and oxygen atoms in total. The number of thioether (sulfide) groups is 1. The molecule has 0 saturated carbocycles. The number of ether oxygens (including phenoxy) is 1. The third-order valence-electron chi connectivity index (χ3n) is 4.78. The van der Waals surface area contributed by atoms with Crippen molar-refractivity contribution >= 4 is 17.7 Å². The fourth-order valence-corrected chi connectivity index (χ4v) is 5.01. The fraction of sp³-hybridized carbons (Fsp3) is 0.444. The Balaban J connectivity index is 1.29. The standard InChI is InChI=1S/C18H21N3O2S/c1-20-8-4-6-16(20)17(22)21-12-18(13-21)9-15(11-24-18)23-10-14-5-2-3-7-19-14/h2-8,15H,9-13H2,1H3/t15-/m1/s1. The lowest BCUT2D eigenvalue weighted by molar-refractivity contribution is 0.0241. The summed E-state index contributed by atoms with van der Waals surface area (Å²) in [5.74, 6) is 1.13. The summed E-state index contributed by atoms with van der Waals surface area (Å²) < 4.78 is 8.09. The van der Waals surface area contributed by atoms with Crippen molar-refractivity contribution < 1.29 is 9.53 Å². The molecule has 0 aliphatic carbocycles. The number of rotatable bonds is 4. The highest BCUT2D eigenvalue weighted by Crippen LogP contribution is 2.46. The second-order valence-corrected chi connectivity index (χ2v) is 8.11. The molecular formula is C18H21N3O2S. The van der Waals surface area contributed by atoms with E-state index in [1.807, 2.05) is 64.8 Å². The number of pyridine rings is 1. The van der Waals surface area contributed by atoms with E-state index in [0.717, 1.165) is 36.7 Å². The number of carbonyl (C=O) groups excluding carboxylic acids is 1. The molecule has 2 saturated heterocycles. The Bertz CT molecular complexity index is 725. The van der Waals surface area contributed by atoms with Gasteiger partial charge in [0.25, 0.3) is 5.91 Å². The maximum Gasteiger partial charge on any atom is 0.270 e. The van der Waals surface area contributed by atoms with Crippen molar-refractivity contribution in [3.8, 4) is 0 Å². The molecule has 1 spiro atoms. The lowest BCUT2D eigenvalue weighted by Gasteiger charge is -2.47. The van der Waals surface area contributed by atoms with Crippen molar-refractivity contribution in [2.75, 3.05) is 18.8 Å². The van der Waals surface area contributed by atoms with Crippen LogP contribution in [0.25, 0.3) is 0 Å². The van der Waals surface area contributed by atoms with Gasteiger partial charge in [-0.25, -0.2) is 0 Å². The molecule has 2 aromatic rings.